The first-order chi connectivity index (χ1) is 9.97. The monoisotopic (exact) mass is 285 g/mol. The number of carboxylic acid groups (broad SMARTS) is 1. The number of aromatic nitrogens is 1. The minimum absolute atomic E-state index is 0.137. The Labute approximate surface area is 121 Å². The molecule has 0 aliphatic heterocycles. The van der Waals surface area contributed by atoms with Gasteiger partial charge in [-0.2, -0.15) is 0 Å². The van der Waals surface area contributed by atoms with Crippen LogP contribution >= 0.6 is 0 Å². The molecule has 1 amide bonds. The van der Waals surface area contributed by atoms with Crippen LogP contribution in [-0.2, 0) is 6.54 Å². The molecule has 2 rings (SSSR count). The zero-order valence-corrected chi connectivity index (χ0v) is 11.5. The lowest BCUT2D eigenvalue weighted by Crippen LogP contribution is -2.23. The standard InChI is InChI=1S/C15H15N3O3/c1-9-6-10(2-3-13(9)16)14(19)18-8-12-7-11(15(20)21)4-5-17-12/h2-7H,8,16H2,1H3,(H,18,19)(H,20,21). The quantitative estimate of drug-likeness (QED) is 0.740. The predicted octanol–water partition coefficient (Wildman–Crippen LogP) is 1.60. The molecule has 108 valence electrons. The molecule has 1 aromatic heterocycles. The highest BCUT2D eigenvalue weighted by Crippen LogP contribution is 2.12. The molecule has 2 aromatic rings. The molecule has 0 bridgehead atoms. The van der Waals surface area contributed by atoms with E-state index in [9.17, 15) is 9.59 Å². The number of nitrogens with two attached hydrogens (primary N) is 1. The van der Waals surface area contributed by atoms with Crippen LogP contribution in [0.5, 0.6) is 0 Å². The molecule has 0 atom stereocenters. The van der Waals surface area contributed by atoms with Crippen molar-refractivity contribution in [2.45, 2.75) is 13.5 Å². The number of amides is 1. The number of hydrogen-bond donors (Lipinski definition) is 3. The van der Waals surface area contributed by atoms with Gasteiger partial charge in [0, 0.05) is 17.4 Å². The van der Waals surface area contributed by atoms with E-state index in [2.05, 4.69) is 10.3 Å². The molecular weight excluding hydrogens is 270 g/mol. The minimum atomic E-state index is -1.03. The van der Waals surface area contributed by atoms with Crippen LogP contribution in [0.4, 0.5) is 5.69 Å². The summed E-state index contributed by atoms with van der Waals surface area (Å²) in [7, 11) is 0. The second kappa shape index (κ2) is 6.04. The van der Waals surface area contributed by atoms with Gasteiger partial charge in [0.05, 0.1) is 17.8 Å². The van der Waals surface area contributed by atoms with Gasteiger partial charge in [0.15, 0.2) is 0 Å². The number of nitrogens with one attached hydrogen (secondary N) is 1. The smallest absolute Gasteiger partial charge is 0.335 e. The number of rotatable bonds is 4. The number of anilines is 1. The lowest BCUT2D eigenvalue weighted by Gasteiger charge is -2.07. The first-order valence-corrected chi connectivity index (χ1v) is 6.30. The van der Waals surface area contributed by atoms with Crippen molar-refractivity contribution in [3.05, 3.63) is 58.9 Å². The van der Waals surface area contributed by atoms with Crippen LogP contribution in [0.3, 0.4) is 0 Å². The first kappa shape index (κ1) is 14.5. The summed E-state index contributed by atoms with van der Waals surface area (Å²) >= 11 is 0. The summed E-state index contributed by atoms with van der Waals surface area (Å²) in [6, 6.07) is 7.84. The molecule has 0 saturated heterocycles. The summed E-state index contributed by atoms with van der Waals surface area (Å²) in [6.45, 7) is 1.98. The molecule has 1 heterocycles. The maximum absolute atomic E-state index is 12.0. The summed E-state index contributed by atoms with van der Waals surface area (Å²) in [5.41, 5.74) is 8.27. The highest BCUT2D eigenvalue weighted by molar-refractivity contribution is 5.94. The largest absolute Gasteiger partial charge is 0.478 e. The van der Waals surface area contributed by atoms with Gasteiger partial charge in [-0.25, -0.2) is 4.79 Å². The van der Waals surface area contributed by atoms with Crippen molar-refractivity contribution in [1.82, 2.24) is 10.3 Å². The summed E-state index contributed by atoms with van der Waals surface area (Å²) in [5.74, 6) is -1.29. The van der Waals surface area contributed by atoms with E-state index in [1.807, 2.05) is 6.92 Å². The van der Waals surface area contributed by atoms with Gasteiger partial charge in [-0.15, -0.1) is 0 Å². The van der Waals surface area contributed by atoms with Crippen molar-refractivity contribution in [2.24, 2.45) is 0 Å². The zero-order valence-electron chi connectivity index (χ0n) is 11.5. The Morgan fingerprint density at radius 3 is 2.67 bits per heavy atom. The summed E-state index contributed by atoms with van der Waals surface area (Å²) in [4.78, 5) is 26.9. The van der Waals surface area contributed by atoms with E-state index in [1.165, 1.54) is 18.3 Å². The summed E-state index contributed by atoms with van der Waals surface area (Å²) in [5, 5.41) is 11.6. The number of pyridine rings is 1. The lowest BCUT2D eigenvalue weighted by molar-refractivity contribution is 0.0696. The molecule has 4 N–H and O–H groups in total. The Balaban J connectivity index is 2.05. The molecule has 21 heavy (non-hydrogen) atoms. The Bertz CT molecular complexity index is 698. The van der Waals surface area contributed by atoms with Gasteiger partial charge in [-0.3, -0.25) is 9.78 Å². The number of aryl methyl sites for hydroxylation is 1. The maximum Gasteiger partial charge on any atom is 0.335 e. The third-order valence-corrected chi connectivity index (χ3v) is 3.03. The van der Waals surface area contributed by atoms with Crippen molar-refractivity contribution in [3.63, 3.8) is 0 Å². The molecule has 0 saturated carbocycles. The SMILES string of the molecule is Cc1cc(C(=O)NCc2cc(C(=O)O)ccn2)ccc1N. The van der Waals surface area contributed by atoms with Crippen molar-refractivity contribution < 1.29 is 14.7 Å². The molecule has 6 nitrogen and oxygen atoms in total. The minimum Gasteiger partial charge on any atom is -0.478 e. The second-order valence-corrected chi connectivity index (χ2v) is 4.60. The maximum atomic E-state index is 12.0. The molecule has 0 radical (unpaired) electrons. The fourth-order valence-corrected chi connectivity index (χ4v) is 1.80. The van der Waals surface area contributed by atoms with Gasteiger partial charge in [-0.05, 0) is 42.8 Å². The topological polar surface area (TPSA) is 105 Å². The van der Waals surface area contributed by atoms with Gasteiger partial charge < -0.3 is 16.2 Å². The molecule has 0 fully saturated rings. The van der Waals surface area contributed by atoms with Gasteiger partial charge in [0.25, 0.3) is 5.91 Å². The fourth-order valence-electron chi connectivity index (χ4n) is 1.80. The van der Waals surface area contributed by atoms with E-state index < -0.39 is 5.97 Å². The van der Waals surface area contributed by atoms with Crippen molar-refractivity contribution in [3.8, 4) is 0 Å². The van der Waals surface area contributed by atoms with Crippen LogP contribution in [0.1, 0.15) is 32.0 Å². The highest BCUT2D eigenvalue weighted by Gasteiger charge is 2.08. The number of nitrogens with zero attached hydrogens (tertiary/aromatic N) is 1. The van der Waals surface area contributed by atoms with Gasteiger partial charge in [0.1, 0.15) is 0 Å². The van der Waals surface area contributed by atoms with E-state index in [0.717, 1.165) is 5.56 Å². The number of hydrogen-bond acceptors (Lipinski definition) is 4. The lowest BCUT2D eigenvalue weighted by atomic mass is 10.1. The predicted molar refractivity (Wildman–Crippen MR) is 78.0 cm³/mol. The summed E-state index contributed by atoms with van der Waals surface area (Å²) < 4.78 is 0. The van der Waals surface area contributed by atoms with Crippen LogP contribution < -0.4 is 11.1 Å². The van der Waals surface area contributed by atoms with E-state index in [1.54, 1.807) is 18.2 Å². The average Bonchev–Trinajstić information content (AvgIpc) is 2.48. The van der Waals surface area contributed by atoms with Crippen LogP contribution in [-0.4, -0.2) is 22.0 Å². The highest BCUT2D eigenvalue weighted by atomic mass is 16.4. The van der Waals surface area contributed by atoms with Crippen molar-refractivity contribution in [1.29, 1.82) is 0 Å². The zero-order chi connectivity index (χ0) is 15.4. The molecule has 0 aliphatic carbocycles. The third kappa shape index (κ3) is 3.56. The summed E-state index contributed by atoms with van der Waals surface area (Å²) in [6.07, 6.45) is 1.40. The number of carboxylic acids is 1. The Kier molecular flexibility index (Phi) is 4.18. The Hall–Kier alpha value is -2.89. The van der Waals surface area contributed by atoms with E-state index in [0.29, 0.717) is 16.9 Å². The normalized spacial score (nSPS) is 10.1. The molecule has 6 heteroatoms. The fraction of sp³-hybridized carbons (Fsp3) is 0.133. The van der Waals surface area contributed by atoms with Crippen LogP contribution in [0.25, 0.3) is 0 Å². The van der Waals surface area contributed by atoms with Crippen molar-refractivity contribution in [2.75, 3.05) is 5.73 Å². The number of aromatic carboxylic acids is 1. The number of benzene rings is 1. The Morgan fingerprint density at radius 2 is 2.00 bits per heavy atom. The number of carbonyl (C=O) groups excluding carboxylic acids is 1. The van der Waals surface area contributed by atoms with Crippen LogP contribution in [0.2, 0.25) is 0 Å². The van der Waals surface area contributed by atoms with Gasteiger partial charge in [-0.1, -0.05) is 0 Å². The molecule has 0 aliphatic rings. The molecular formula is C15H15N3O3. The third-order valence-electron chi connectivity index (χ3n) is 3.03. The average molecular weight is 285 g/mol. The molecule has 0 unspecified atom stereocenters. The van der Waals surface area contributed by atoms with Gasteiger partial charge in [0.2, 0.25) is 0 Å². The Morgan fingerprint density at radius 1 is 1.24 bits per heavy atom. The second-order valence-electron chi connectivity index (χ2n) is 4.60. The van der Waals surface area contributed by atoms with Gasteiger partial charge >= 0.3 is 5.97 Å². The number of carbonyl (C=O) groups is 2. The van der Waals surface area contributed by atoms with Crippen LogP contribution in [0.15, 0.2) is 36.5 Å². The molecule has 0 spiro atoms. The van der Waals surface area contributed by atoms with Crippen LogP contribution in [0, 0.1) is 6.92 Å². The van der Waals surface area contributed by atoms with E-state index >= 15 is 0 Å². The van der Waals surface area contributed by atoms with E-state index in [-0.39, 0.29) is 18.0 Å². The number of nitrogen functional groups attached to an aromatic ring is 1. The van der Waals surface area contributed by atoms with E-state index in [4.69, 9.17) is 10.8 Å². The first-order valence-electron chi connectivity index (χ1n) is 6.30. The molecule has 1 aromatic carbocycles. The van der Waals surface area contributed by atoms with Crippen molar-refractivity contribution >= 4 is 17.6 Å².